The topological polar surface area (TPSA) is 81.7 Å². The van der Waals surface area contributed by atoms with Crippen molar-refractivity contribution >= 4 is 53.6 Å². The van der Waals surface area contributed by atoms with Crippen molar-refractivity contribution < 1.29 is 9.59 Å². The maximum Gasteiger partial charge on any atom is 0.243 e. The summed E-state index contributed by atoms with van der Waals surface area (Å²) in [6.07, 6.45) is 1.89. The van der Waals surface area contributed by atoms with Crippen molar-refractivity contribution in [1.82, 2.24) is 25.1 Å². The molecular formula is C24H27ClN6O2S2. The van der Waals surface area contributed by atoms with Crippen LogP contribution in [0.5, 0.6) is 0 Å². The number of amides is 2. The second kappa shape index (κ2) is 9.55. The minimum absolute atomic E-state index is 0.133. The lowest BCUT2D eigenvalue weighted by atomic mass is 10.0. The smallest absolute Gasteiger partial charge is 0.243 e. The molecular weight excluding hydrogens is 504 g/mol. The van der Waals surface area contributed by atoms with Crippen molar-refractivity contribution in [1.29, 1.82) is 0 Å². The van der Waals surface area contributed by atoms with Crippen molar-refractivity contribution in [3.8, 4) is 0 Å². The average molecular weight is 531 g/mol. The summed E-state index contributed by atoms with van der Waals surface area (Å²) in [5.41, 5.74) is 4.72. The van der Waals surface area contributed by atoms with Gasteiger partial charge in [-0.15, -0.1) is 11.8 Å². The number of halogens is 1. The first-order valence-electron chi connectivity index (χ1n) is 12.0. The molecule has 4 aliphatic rings. The van der Waals surface area contributed by atoms with Crippen LogP contribution in [0, 0.1) is 0 Å². The number of piperazine rings is 1. The number of nitrogens with zero attached hydrogens (tertiary/aromatic N) is 5. The minimum atomic E-state index is -0.311. The number of benzene rings is 1. The van der Waals surface area contributed by atoms with Crippen LogP contribution in [0.15, 0.2) is 23.1 Å². The first-order chi connectivity index (χ1) is 17.0. The third-order valence-corrected chi connectivity index (χ3v) is 9.18. The number of rotatable bonds is 4. The average Bonchev–Trinajstić information content (AvgIpc) is 3.43. The highest BCUT2D eigenvalue weighted by atomic mass is 35.5. The zero-order valence-electron chi connectivity index (χ0n) is 19.2. The molecule has 2 amide bonds. The normalized spacial score (nSPS) is 25.0. The van der Waals surface area contributed by atoms with Gasteiger partial charge >= 0.3 is 0 Å². The number of aromatic nitrogens is 2. The number of thioether (sulfide) groups is 1. The maximum absolute atomic E-state index is 12.4. The van der Waals surface area contributed by atoms with Gasteiger partial charge < -0.3 is 4.90 Å². The Bertz CT molecular complexity index is 1190. The van der Waals surface area contributed by atoms with Crippen molar-refractivity contribution in [3.05, 3.63) is 45.9 Å². The highest BCUT2D eigenvalue weighted by molar-refractivity contribution is 7.99. The Morgan fingerprint density at radius 1 is 1.14 bits per heavy atom. The van der Waals surface area contributed by atoms with Gasteiger partial charge in [0.15, 0.2) is 0 Å². The van der Waals surface area contributed by atoms with Crippen LogP contribution < -0.4 is 10.2 Å². The Labute approximate surface area is 219 Å². The third-order valence-electron chi connectivity index (χ3n) is 7.32. The standard InChI is InChI=1S/C24H27ClN6O2S2/c25-24-26-17-5-10-35-20(17)21(28-24)30-8-6-29(7-9-30)12-14-1-2-16-15(11-14)13-31(23(16)34)18-3-4-19(32)27-22(18)33/h1-2,11,18,23,34H,3-10,12-13H2,(H,27,32,33). The van der Waals surface area contributed by atoms with Crippen LogP contribution >= 0.6 is 36.0 Å². The van der Waals surface area contributed by atoms with Crippen LogP contribution in [0.3, 0.4) is 0 Å². The number of hydrogen-bond acceptors (Lipinski definition) is 9. The summed E-state index contributed by atoms with van der Waals surface area (Å²) in [5.74, 6) is 1.64. The van der Waals surface area contributed by atoms with Gasteiger partial charge in [-0.25, -0.2) is 4.98 Å². The van der Waals surface area contributed by atoms with Gasteiger partial charge in [0.1, 0.15) is 5.82 Å². The van der Waals surface area contributed by atoms with Crippen LogP contribution in [0.25, 0.3) is 0 Å². The van der Waals surface area contributed by atoms with Crippen molar-refractivity contribution in [2.45, 2.75) is 48.7 Å². The van der Waals surface area contributed by atoms with E-state index in [1.807, 2.05) is 11.8 Å². The van der Waals surface area contributed by atoms with Gasteiger partial charge in [0.25, 0.3) is 0 Å². The Hall–Kier alpha value is -1.85. The van der Waals surface area contributed by atoms with E-state index in [0.29, 0.717) is 24.7 Å². The van der Waals surface area contributed by atoms with Crippen LogP contribution in [0.2, 0.25) is 5.28 Å². The van der Waals surface area contributed by atoms with E-state index in [2.05, 4.69) is 48.2 Å². The molecule has 35 heavy (non-hydrogen) atoms. The van der Waals surface area contributed by atoms with Gasteiger partial charge in [-0.05, 0) is 34.7 Å². The molecule has 184 valence electrons. The van der Waals surface area contributed by atoms with E-state index < -0.39 is 0 Å². The molecule has 1 N–H and O–H groups in total. The van der Waals surface area contributed by atoms with E-state index in [0.717, 1.165) is 62.0 Å². The fraction of sp³-hybridized carbons (Fsp3) is 0.500. The highest BCUT2D eigenvalue weighted by Gasteiger charge is 2.39. The number of imide groups is 1. The van der Waals surface area contributed by atoms with Crippen LogP contribution in [0.1, 0.15) is 40.6 Å². The number of nitrogens with one attached hydrogen (secondary N) is 1. The molecule has 1 aromatic carbocycles. The van der Waals surface area contributed by atoms with Gasteiger partial charge in [-0.3, -0.25) is 24.7 Å². The van der Waals surface area contributed by atoms with E-state index in [4.69, 9.17) is 24.2 Å². The number of aryl methyl sites for hydroxylation is 1. The van der Waals surface area contributed by atoms with E-state index in [9.17, 15) is 9.59 Å². The number of piperidine rings is 1. The second-order valence-corrected chi connectivity index (χ2v) is 11.4. The maximum atomic E-state index is 12.4. The summed E-state index contributed by atoms with van der Waals surface area (Å²) in [7, 11) is 0. The van der Waals surface area contributed by atoms with E-state index in [1.54, 1.807) is 0 Å². The summed E-state index contributed by atoms with van der Waals surface area (Å²) < 4.78 is 0. The van der Waals surface area contributed by atoms with Gasteiger partial charge in [0.2, 0.25) is 17.1 Å². The molecule has 8 nitrogen and oxygen atoms in total. The zero-order valence-corrected chi connectivity index (χ0v) is 21.7. The lowest BCUT2D eigenvalue weighted by molar-refractivity contribution is -0.137. The SMILES string of the molecule is O=C1CCC(N2Cc3cc(CN4CCN(c5nc(Cl)nc6c5SCC6)CC4)ccc3C2S)C(=O)N1. The highest BCUT2D eigenvalue weighted by Crippen LogP contribution is 2.40. The third kappa shape index (κ3) is 4.55. The molecule has 0 aliphatic carbocycles. The predicted molar refractivity (Wildman–Crippen MR) is 139 cm³/mol. The van der Waals surface area contributed by atoms with Crippen LogP contribution in [-0.4, -0.2) is 69.6 Å². The molecule has 2 aromatic rings. The summed E-state index contributed by atoms with van der Waals surface area (Å²) in [4.78, 5) is 41.0. The van der Waals surface area contributed by atoms with Gasteiger partial charge in [-0.1, -0.05) is 18.2 Å². The zero-order chi connectivity index (χ0) is 24.1. The number of thiol groups is 1. The molecule has 0 saturated carbocycles. The van der Waals surface area contributed by atoms with E-state index >= 15 is 0 Å². The monoisotopic (exact) mass is 530 g/mol. The quantitative estimate of drug-likeness (QED) is 0.355. The Kier molecular flexibility index (Phi) is 6.42. The van der Waals surface area contributed by atoms with Crippen molar-refractivity contribution in [2.75, 3.05) is 36.8 Å². The van der Waals surface area contributed by atoms with E-state index in [1.165, 1.54) is 16.0 Å². The number of anilines is 1. The van der Waals surface area contributed by atoms with Gasteiger partial charge in [0, 0.05) is 57.9 Å². The van der Waals surface area contributed by atoms with E-state index in [-0.39, 0.29) is 23.2 Å². The Morgan fingerprint density at radius 3 is 2.77 bits per heavy atom. The molecule has 5 heterocycles. The largest absolute Gasteiger partial charge is 0.353 e. The molecule has 2 unspecified atom stereocenters. The number of carbonyl (C=O) groups excluding carboxylic acids is 2. The number of hydrogen-bond donors (Lipinski definition) is 2. The first kappa shape index (κ1) is 23.5. The molecule has 11 heteroatoms. The van der Waals surface area contributed by atoms with Gasteiger partial charge in [-0.2, -0.15) is 17.6 Å². The number of fused-ring (bicyclic) bond motifs is 2. The Balaban J connectivity index is 1.10. The molecule has 2 atom stereocenters. The van der Waals surface area contributed by atoms with Crippen molar-refractivity contribution in [2.24, 2.45) is 0 Å². The van der Waals surface area contributed by atoms with Crippen molar-refractivity contribution in [3.63, 3.8) is 0 Å². The molecule has 6 rings (SSSR count). The predicted octanol–water partition coefficient (Wildman–Crippen LogP) is 2.65. The van der Waals surface area contributed by atoms with Crippen LogP contribution in [-0.2, 0) is 29.1 Å². The Morgan fingerprint density at radius 2 is 1.97 bits per heavy atom. The molecule has 0 radical (unpaired) electrons. The molecule has 2 fully saturated rings. The number of carbonyl (C=O) groups is 2. The summed E-state index contributed by atoms with van der Waals surface area (Å²) in [6.45, 7) is 5.29. The molecule has 0 bridgehead atoms. The minimum Gasteiger partial charge on any atom is -0.353 e. The lowest BCUT2D eigenvalue weighted by Gasteiger charge is -2.36. The summed E-state index contributed by atoms with van der Waals surface area (Å²) in [6, 6.07) is 6.27. The first-order valence-corrected chi connectivity index (χ1v) is 13.9. The second-order valence-electron chi connectivity index (χ2n) is 9.50. The molecule has 4 aliphatic heterocycles. The summed E-state index contributed by atoms with van der Waals surface area (Å²) >= 11 is 12.8. The van der Waals surface area contributed by atoms with Crippen LogP contribution in [0.4, 0.5) is 5.82 Å². The molecule has 1 aromatic heterocycles. The van der Waals surface area contributed by atoms with Gasteiger partial charge in [0.05, 0.1) is 22.0 Å². The molecule has 0 spiro atoms. The lowest BCUT2D eigenvalue weighted by Crippen LogP contribution is -2.51. The molecule has 2 saturated heterocycles. The summed E-state index contributed by atoms with van der Waals surface area (Å²) in [5, 5.41) is 2.68. The fourth-order valence-electron chi connectivity index (χ4n) is 5.50. The fourth-order valence-corrected chi connectivity index (χ4v) is 7.29.